The van der Waals surface area contributed by atoms with E-state index in [4.69, 9.17) is 18.9 Å². The summed E-state index contributed by atoms with van der Waals surface area (Å²) in [4.78, 5) is 13.0. The summed E-state index contributed by atoms with van der Waals surface area (Å²) in [7, 11) is 3.10. The first-order valence-corrected chi connectivity index (χ1v) is 9.53. The number of methoxy groups -OCH3 is 2. The van der Waals surface area contributed by atoms with Gasteiger partial charge in [0.15, 0.2) is 0 Å². The molecule has 1 atom stereocenters. The predicted molar refractivity (Wildman–Crippen MR) is 93.7 cm³/mol. The van der Waals surface area contributed by atoms with Crippen molar-refractivity contribution in [1.29, 1.82) is 0 Å². The van der Waals surface area contributed by atoms with Crippen LogP contribution in [0, 0.1) is 17.3 Å². The summed E-state index contributed by atoms with van der Waals surface area (Å²) in [5, 5.41) is 0. The minimum atomic E-state index is -1.45. The van der Waals surface area contributed by atoms with Crippen molar-refractivity contribution in [3.63, 3.8) is 0 Å². The minimum Gasteiger partial charge on any atom is -0.487 e. The van der Waals surface area contributed by atoms with Crippen molar-refractivity contribution in [2.24, 2.45) is 17.3 Å². The van der Waals surface area contributed by atoms with Crippen LogP contribution in [-0.4, -0.2) is 31.8 Å². The second-order valence-corrected chi connectivity index (χ2v) is 8.45. The summed E-state index contributed by atoms with van der Waals surface area (Å²) in [5.41, 5.74) is 2.72. The molecule has 0 amide bonds. The van der Waals surface area contributed by atoms with Crippen LogP contribution in [0.1, 0.15) is 46.5 Å². The van der Waals surface area contributed by atoms with E-state index in [2.05, 4.69) is 13.0 Å². The number of rotatable bonds is 4. The normalized spacial score (nSPS) is 34.3. The van der Waals surface area contributed by atoms with E-state index in [0.29, 0.717) is 17.4 Å². The lowest BCUT2D eigenvalue weighted by Crippen LogP contribution is -2.58. The van der Waals surface area contributed by atoms with Crippen molar-refractivity contribution in [2.75, 3.05) is 14.2 Å². The fourth-order valence-electron chi connectivity index (χ4n) is 6.14. The van der Waals surface area contributed by atoms with E-state index in [1.54, 1.807) is 14.2 Å². The third-order valence-electron chi connectivity index (χ3n) is 7.18. The number of carbonyl (C=O) groups excluding carboxylic acids is 1. The average molecular weight is 358 g/mol. The molecule has 5 nitrogen and oxygen atoms in total. The van der Waals surface area contributed by atoms with Gasteiger partial charge in [0, 0.05) is 19.8 Å². The molecule has 0 aromatic heterocycles. The van der Waals surface area contributed by atoms with Gasteiger partial charge in [0.1, 0.15) is 5.60 Å². The lowest BCUT2D eigenvalue weighted by Gasteiger charge is -2.53. The maximum absolute atomic E-state index is 13.0. The first-order chi connectivity index (χ1) is 12.4. The Balaban J connectivity index is 1.88. The van der Waals surface area contributed by atoms with Crippen LogP contribution < -0.4 is 0 Å². The first-order valence-electron chi connectivity index (χ1n) is 9.53. The van der Waals surface area contributed by atoms with E-state index >= 15 is 0 Å². The van der Waals surface area contributed by atoms with E-state index < -0.39 is 11.6 Å². The van der Waals surface area contributed by atoms with Gasteiger partial charge in [0.25, 0.3) is 0 Å². The number of ether oxygens (including phenoxy) is 4. The molecule has 0 aromatic rings. The molecule has 5 rings (SSSR count). The van der Waals surface area contributed by atoms with Crippen LogP contribution in [0.15, 0.2) is 34.1 Å². The standard InChI is InChI=1S/C21H26O5/c1-11-10-15-12(2)16-17(21(23-4,24-5)26-18(16)22)20(13-6-7-13,14-8-9-14)19(15,3)25-11/h10,13-14H,6-9H2,1-5H3/t19-/m1/s1. The van der Waals surface area contributed by atoms with Gasteiger partial charge in [-0.1, -0.05) is 0 Å². The molecule has 2 aliphatic heterocycles. The Kier molecular flexibility index (Phi) is 3.07. The second-order valence-electron chi connectivity index (χ2n) is 8.45. The highest BCUT2D eigenvalue weighted by molar-refractivity contribution is 5.99. The van der Waals surface area contributed by atoms with Crippen LogP contribution in [0.3, 0.4) is 0 Å². The number of fused-ring (bicyclic) bond motifs is 1. The minimum absolute atomic E-state index is 0.330. The molecule has 0 radical (unpaired) electrons. The molecule has 3 aliphatic carbocycles. The summed E-state index contributed by atoms with van der Waals surface area (Å²) < 4.78 is 23.8. The SMILES string of the molecule is COC1(OC)OC(=O)C2=C1C(C1CC1)(C1CC1)[C@]1(C)OC(C)=CC1=C2C. The Hall–Kier alpha value is -1.59. The van der Waals surface area contributed by atoms with Crippen LogP contribution in [0.5, 0.6) is 0 Å². The van der Waals surface area contributed by atoms with Gasteiger partial charge < -0.3 is 18.9 Å². The Bertz CT molecular complexity index is 792. The highest BCUT2D eigenvalue weighted by Gasteiger charge is 2.76. The van der Waals surface area contributed by atoms with E-state index in [1.807, 2.05) is 13.8 Å². The molecule has 0 N–H and O–H groups in total. The fraction of sp³-hybridized carbons (Fsp3) is 0.667. The molecular formula is C21H26O5. The van der Waals surface area contributed by atoms with Crippen molar-refractivity contribution in [3.05, 3.63) is 34.1 Å². The van der Waals surface area contributed by atoms with Crippen LogP contribution >= 0.6 is 0 Å². The first kappa shape index (κ1) is 16.6. The highest BCUT2D eigenvalue weighted by atomic mass is 16.9. The van der Waals surface area contributed by atoms with E-state index in [1.165, 1.54) is 0 Å². The molecule has 2 fully saturated rings. The summed E-state index contributed by atoms with van der Waals surface area (Å²) in [6, 6.07) is 0. The van der Waals surface area contributed by atoms with Crippen molar-refractivity contribution < 1.29 is 23.7 Å². The molecule has 0 saturated heterocycles. The van der Waals surface area contributed by atoms with Crippen LogP contribution in [0.25, 0.3) is 0 Å². The van der Waals surface area contributed by atoms with Crippen molar-refractivity contribution in [2.45, 2.75) is 58.0 Å². The van der Waals surface area contributed by atoms with E-state index in [0.717, 1.165) is 48.2 Å². The summed E-state index contributed by atoms with van der Waals surface area (Å²) >= 11 is 0. The largest absolute Gasteiger partial charge is 0.487 e. The van der Waals surface area contributed by atoms with Gasteiger partial charge >= 0.3 is 11.9 Å². The number of hydrogen-bond acceptors (Lipinski definition) is 5. The highest BCUT2D eigenvalue weighted by Crippen LogP contribution is 2.74. The smallest absolute Gasteiger partial charge is 0.355 e. The van der Waals surface area contributed by atoms with Gasteiger partial charge in [-0.25, -0.2) is 4.79 Å². The maximum atomic E-state index is 13.0. The van der Waals surface area contributed by atoms with E-state index in [-0.39, 0.29) is 11.4 Å². The molecular weight excluding hydrogens is 332 g/mol. The zero-order valence-corrected chi connectivity index (χ0v) is 16.1. The van der Waals surface area contributed by atoms with Crippen LogP contribution in [0.4, 0.5) is 0 Å². The zero-order valence-electron chi connectivity index (χ0n) is 16.1. The van der Waals surface area contributed by atoms with Crippen LogP contribution in [0.2, 0.25) is 0 Å². The lowest BCUT2D eigenvalue weighted by atomic mass is 9.54. The van der Waals surface area contributed by atoms with Crippen molar-refractivity contribution >= 4 is 5.97 Å². The predicted octanol–water partition coefficient (Wildman–Crippen LogP) is 3.62. The van der Waals surface area contributed by atoms with Gasteiger partial charge in [-0.05, 0) is 69.9 Å². The number of allylic oxidation sites excluding steroid dienone is 1. The summed E-state index contributed by atoms with van der Waals surface area (Å²) in [6.45, 7) is 6.18. The molecule has 2 saturated carbocycles. The topological polar surface area (TPSA) is 54.0 Å². The monoisotopic (exact) mass is 358 g/mol. The van der Waals surface area contributed by atoms with Crippen molar-refractivity contribution in [3.8, 4) is 0 Å². The van der Waals surface area contributed by atoms with Crippen LogP contribution in [-0.2, 0) is 23.7 Å². The van der Waals surface area contributed by atoms with Gasteiger partial charge in [-0.3, -0.25) is 0 Å². The van der Waals surface area contributed by atoms with Gasteiger partial charge in [-0.2, -0.15) is 0 Å². The molecule has 5 aliphatic rings. The third-order valence-corrected chi connectivity index (χ3v) is 7.18. The molecule has 26 heavy (non-hydrogen) atoms. The third kappa shape index (κ3) is 1.63. The lowest BCUT2D eigenvalue weighted by molar-refractivity contribution is -0.321. The van der Waals surface area contributed by atoms with Gasteiger partial charge in [-0.15, -0.1) is 0 Å². The Morgan fingerprint density at radius 2 is 1.62 bits per heavy atom. The molecule has 0 aromatic carbocycles. The molecule has 140 valence electrons. The molecule has 0 unspecified atom stereocenters. The summed E-state index contributed by atoms with van der Waals surface area (Å²) in [5.74, 6) is 0.00722. The van der Waals surface area contributed by atoms with Gasteiger partial charge in [0.2, 0.25) is 0 Å². The Morgan fingerprint density at radius 3 is 2.12 bits per heavy atom. The number of carbonyl (C=O) groups is 1. The fourth-order valence-corrected chi connectivity index (χ4v) is 6.14. The Morgan fingerprint density at radius 1 is 1.04 bits per heavy atom. The Labute approximate surface area is 154 Å². The molecule has 2 heterocycles. The quantitative estimate of drug-likeness (QED) is 0.568. The van der Waals surface area contributed by atoms with Crippen molar-refractivity contribution in [1.82, 2.24) is 0 Å². The second kappa shape index (κ2) is 4.82. The zero-order chi connectivity index (χ0) is 18.5. The summed E-state index contributed by atoms with van der Waals surface area (Å²) in [6.07, 6.45) is 6.64. The molecule has 5 heteroatoms. The van der Waals surface area contributed by atoms with E-state index in [9.17, 15) is 4.79 Å². The number of hydrogen-bond donors (Lipinski definition) is 0. The maximum Gasteiger partial charge on any atom is 0.355 e. The molecule has 0 bridgehead atoms. The average Bonchev–Trinajstić information content (AvgIpc) is 3.51. The number of esters is 1. The number of cyclic esters (lactones) is 1. The molecule has 0 spiro atoms. The van der Waals surface area contributed by atoms with Gasteiger partial charge in [0.05, 0.1) is 22.3 Å².